The molecule has 2 aromatic heterocycles. The van der Waals surface area contributed by atoms with Crippen LogP contribution in [0.25, 0.3) is 10.9 Å². The molecule has 0 unspecified atom stereocenters. The predicted octanol–water partition coefficient (Wildman–Crippen LogP) is 2.39. The number of fused-ring (bicyclic) bond motifs is 1. The number of aromatic nitrogens is 2. The van der Waals surface area contributed by atoms with Crippen molar-refractivity contribution < 1.29 is 8.42 Å². The summed E-state index contributed by atoms with van der Waals surface area (Å²) in [5, 5.41) is 6.39. The Bertz CT molecular complexity index is 919. The van der Waals surface area contributed by atoms with E-state index in [0.29, 0.717) is 11.7 Å². The molecule has 1 aromatic carbocycles. The van der Waals surface area contributed by atoms with E-state index in [1.165, 1.54) is 6.07 Å². The first kappa shape index (κ1) is 14.1. The average Bonchev–Trinajstić information content (AvgIpc) is 2.80. The number of primary sulfonamides is 1. The standard InChI is InChI=1S/C14H12ClN3O2S/c15-14-3-1-2-11(17-14)9-18-7-6-10-8-12(21(16,19)20)4-5-13(10)18/h1-8H,9H2,(H2,16,19,20). The van der Waals surface area contributed by atoms with Crippen LogP contribution in [0.5, 0.6) is 0 Å². The summed E-state index contributed by atoms with van der Waals surface area (Å²) in [4.78, 5) is 4.35. The molecule has 3 rings (SSSR count). The Balaban J connectivity index is 2.01. The van der Waals surface area contributed by atoms with Crippen LogP contribution in [0.2, 0.25) is 5.15 Å². The van der Waals surface area contributed by atoms with Crippen LogP contribution in [0.1, 0.15) is 5.69 Å². The van der Waals surface area contributed by atoms with Crippen LogP contribution in [0.3, 0.4) is 0 Å². The molecule has 0 aliphatic heterocycles. The molecule has 0 saturated heterocycles. The monoisotopic (exact) mass is 321 g/mol. The highest BCUT2D eigenvalue weighted by molar-refractivity contribution is 7.89. The van der Waals surface area contributed by atoms with E-state index >= 15 is 0 Å². The number of sulfonamides is 1. The molecule has 0 saturated carbocycles. The minimum absolute atomic E-state index is 0.105. The van der Waals surface area contributed by atoms with E-state index in [4.69, 9.17) is 16.7 Å². The van der Waals surface area contributed by atoms with Gasteiger partial charge in [-0.25, -0.2) is 18.5 Å². The van der Waals surface area contributed by atoms with E-state index in [1.807, 2.05) is 29.0 Å². The van der Waals surface area contributed by atoms with Crippen molar-refractivity contribution in [1.82, 2.24) is 9.55 Å². The zero-order valence-electron chi connectivity index (χ0n) is 10.9. The van der Waals surface area contributed by atoms with Gasteiger partial charge in [-0.2, -0.15) is 0 Å². The van der Waals surface area contributed by atoms with Crippen molar-refractivity contribution in [3.8, 4) is 0 Å². The van der Waals surface area contributed by atoms with E-state index in [0.717, 1.165) is 16.6 Å². The zero-order valence-corrected chi connectivity index (χ0v) is 12.5. The Labute approximate surface area is 127 Å². The Kier molecular flexibility index (Phi) is 3.44. The van der Waals surface area contributed by atoms with Gasteiger partial charge >= 0.3 is 0 Å². The molecule has 108 valence electrons. The minimum Gasteiger partial charge on any atom is -0.341 e. The van der Waals surface area contributed by atoms with Gasteiger partial charge in [0, 0.05) is 17.1 Å². The summed E-state index contributed by atoms with van der Waals surface area (Å²) in [5.41, 5.74) is 1.74. The molecular weight excluding hydrogens is 310 g/mol. The van der Waals surface area contributed by atoms with Crippen molar-refractivity contribution in [1.29, 1.82) is 0 Å². The van der Waals surface area contributed by atoms with Crippen molar-refractivity contribution in [2.24, 2.45) is 5.14 Å². The third-order valence-electron chi connectivity index (χ3n) is 3.18. The van der Waals surface area contributed by atoms with E-state index in [-0.39, 0.29) is 4.90 Å². The molecule has 2 heterocycles. The Morgan fingerprint density at radius 2 is 2.00 bits per heavy atom. The van der Waals surface area contributed by atoms with Gasteiger partial charge < -0.3 is 4.57 Å². The van der Waals surface area contributed by atoms with Crippen LogP contribution in [-0.4, -0.2) is 18.0 Å². The molecule has 0 radical (unpaired) electrons. The molecule has 5 nitrogen and oxygen atoms in total. The average molecular weight is 322 g/mol. The first-order chi connectivity index (χ1) is 9.93. The van der Waals surface area contributed by atoms with Gasteiger partial charge in [0.2, 0.25) is 10.0 Å². The lowest BCUT2D eigenvalue weighted by Crippen LogP contribution is -2.11. The highest BCUT2D eigenvalue weighted by Gasteiger charge is 2.10. The van der Waals surface area contributed by atoms with Crippen molar-refractivity contribution >= 4 is 32.5 Å². The maximum absolute atomic E-state index is 11.4. The summed E-state index contributed by atoms with van der Waals surface area (Å²) in [7, 11) is -3.69. The lowest BCUT2D eigenvalue weighted by Gasteiger charge is -2.06. The molecule has 0 spiro atoms. The summed E-state index contributed by atoms with van der Waals surface area (Å²) in [6.07, 6.45) is 1.88. The van der Waals surface area contributed by atoms with Gasteiger partial charge in [0.25, 0.3) is 0 Å². The van der Waals surface area contributed by atoms with Crippen LogP contribution in [0.15, 0.2) is 53.6 Å². The van der Waals surface area contributed by atoms with Gasteiger partial charge in [0.15, 0.2) is 0 Å². The molecule has 0 fully saturated rings. The predicted molar refractivity (Wildman–Crippen MR) is 81.7 cm³/mol. The Hall–Kier alpha value is -1.89. The largest absolute Gasteiger partial charge is 0.341 e. The summed E-state index contributed by atoms with van der Waals surface area (Å²) < 4.78 is 24.7. The summed E-state index contributed by atoms with van der Waals surface area (Å²) in [6.45, 7) is 0.554. The maximum Gasteiger partial charge on any atom is 0.238 e. The molecule has 0 bridgehead atoms. The summed E-state index contributed by atoms with van der Waals surface area (Å²) >= 11 is 5.87. The number of nitrogens with zero attached hydrogens (tertiary/aromatic N) is 2. The topological polar surface area (TPSA) is 78.0 Å². The molecule has 2 N–H and O–H groups in total. The van der Waals surface area contributed by atoms with Crippen molar-refractivity contribution in [2.75, 3.05) is 0 Å². The number of hydrogen-bond acceptors (Lipinski definition) is 3. The fraction of sp³-hybridized carbons (Fsp3) is 0.0714. The second kappa shape index (κ2) is 5.14. The maximum atomic E-state index is 11.4. The zero-order chi connectivity index (χ0) is 15.0. The quantitative estimate of drug-likeness (QED) is 0.752. The third-order valence-corrected chi connectivity index (χ3v) is 4.30. The molecule has 0 aliphatic carbocycles. The lowest BCUT2D eigenvalue weighted by atomic mass is 10.2. The van der Waals surface area contributed by atoms with Gasteiger partial charge in [-0.15, -0.1) is 0 Å². The fourth-order valence-electron chi connectivity index (χ4n) is 2.21. The Morgan fingerprint density at radius 1 is 1.19 bits per heavy atom. The smallest absolute Gasteiger partial charge is 0.238 e. The molecule has 0 amide bonds. The summed E-state index contributed by atoms with van der Waals surface area (Å²) in [6, 6.07) is 12.1. The van der Waals surface area contributed by atoms with E-state index in [2.05, 4.69) is 4.98 Å². The number of pyridine rings is 1. The van der Waals surface area contributed by atoms with Gasteiger partial charge in [0.05, 0.1) is 17.1 Å². The summed E-state index contributed by atoms with van der Waals surface area (Å²) in [5.74, 6) is 0. The normalized spacial score (nSPS) is 11.9. The molecule has 3 aromatic rings. The van der Waals surface area contributed by atoms with E-state index < -0.39 is 10.0 Å². The van der Waals surface area contributed by atoms with Crippen LogP contribution in [-0.2, 0) is 16.6 Å². The minimum atomic E-state index is -3.69. The van der Waals surface area contributed by atoms with Gasteiger partial charge in [-0.1, -0.05) is 17.7 Å². The van der Waals surface area contributed by atoms with E-state index in [9.17, 15) is 8.42 Å². The number of benzene rings is 1. The number of halogens is 1. The number of hydrogen-bond donors (Lipinski definition) is 1. The highest BCUT2D eigenvalue weighted by Crippen LogP contribution is 2.20. The lowest BCUT2D eigenvalue weighted by molar-refractivity contribution is 0.598. The molecule has 0 atom stereocenters. The number of nitrogens with two attached hydrogens (primary N) is 1. The molecule has 21 heavy (non-hydrogen) atoms. The molecule has 0 aliphatic rings. The van der Waals surface area contributed by atoms with Crippen LogP contribution in [0, 0.1) is 0 Å². The first-order valence-electron chi connectivity index (χ1n) is 6.17. The third kappa shape index (κ3) is 2.92. The SMILES string of the molecule is NS(=O)(=O)c1ccc2c(ccn2Cc2cccc(Cl)n2)c1. The van der Waals surface area contributed by atoms with Crippen molar-refractivity contribution in [3.05, 3.63) is 59.5 Å². The Morgan fingerprint density at radius 3 is 2.71 bits per heavy atom. The first-order valence-corrected chi connectivity index (χ1v) is 8.09. The number of rotatable bonds is 3. The van der Waals surface area contributed by atoms with Gasteiger partial charge in [-0.3, -0.25) is 0 Å². The molecule has 7 heteroatoms. The van der Waals surface area contributed by atoms with Crippen molar-refractivity contribution in [2.45, 2.75) is 11.4 Å². The van der Waals surface area contributed by atoms with Crippen LogP contribution < -0.4 is 5.14 Å². The van der Waals surface area contributed by atoms with E-state index in [1.54, 1.807) is 18.2 Å². The fourth-order valence-corrected chi connectivity index (χ4v) is 2.94. The second-order valence-electron chi connectivity index (χ2n) is 4.66. The van der Waals surface area contributed by atoms with Gasteiger partial charge in [0.1, 0.15) is 5.15 Å². The van der Waals surface area contributed by atoms with Crippen molar-refractivity contribution in [3.63, 3.8) is 0 Å². The second-order valence-corrected chi connectivity index (χ2v) is 6.61. The van der Waals surface area contributed by atoms with Crippen LogP contribution in [0.4, 0.5) is 0 Å². The van der Waals surface area contributed by atoms with Crippen LogP contribution >= 0.6 is 11.6 Å². The highest BCUT2D eigenvalue weighted by atomic mass is 35.5. The molecular formula is C14H12ClN3O2S. The van der Waals surface area contributed by atoms with Gasteiger partial charge in [-0.05, 0) is 36.4 Å².